The predicted octanol–water partition coefficient (Wildman–Crippen LogP) is 12.5. The number of hydrogen-bond acceptors (Lipinski definition) is 8. The minimum absolute atomic E-state index is 0.0521. The summed E-state index contributed by atoms with van der Waals surface area (Å²) in [5.74, 6) is -0.845. The Kier molecular flexibility index (Phi) is 39.6. The van der Waals surface area contributed by atoms with Gasteiger partial charge in [-0.3, -0.25) is 18.6 Å². The molecule has 2 unspecified atom stereocenters. The number of ether oxygens (including phenoxy) is 2. The highest BCUT2D eigenvalue weighted by molar-refractivity contribution is 7.47. The van der Waals surface area contributed by atoms with E-state index in [1.165, 1.54) is 64.2 Å². The number of phosphoric ester groups is 1. The van der Waals surface area contributed by atoms with Crippen LogP contribution in [0.15, 0.2) is 60.8 Å². The van der Waals surface area contributed by atoms with Crippen LogP contribution in [-0.2, 0) is 32.7 Å². The van der Waals surface area contributed by atoms with Crippen LogP contribution in [0.3, 0.4) is 0 Å². The lowest BCUT2D eigenvalue weighted by Crippen LogP contribution is -2.29. The van der Waals surface area contributed by atoms with Gasteiger partial charge in [-0.25, -0.2) is 4.57 Å². The number of rotatable bonds is 40. The number of carbonyl (C=O) groups is 2. The quantitative estimate of drug-likeness (QED) is 0.0269. The zero-order valence-corrected chi connectivity index (χ0v) is 35.8. The zero-order chi connectivity index (χ0) is 40.3. The Balaban J connectivity index is 3.87. The first-order valence-corrected chi connectivity index (χ1v) is 23.3. The van der Waals surface area contributed by atoms with Gasteiger partial charge in [0.25, 0.3) is 0 Å². The Labute approximate surface area is 336 Å². The molecule has 0 amide bonds. The van der Waals surface area contributed by atoms with E-state index in [1.54, 1.807) is 0 Å². The Morgan fingerprint density at radius 2 is 1.00 bits per heavy atom. The lowest BCUT2D eigenvalue weighted by molar-refractivity contribution is -0.161. The van der Waals surface area contributed by atoms with Gasteiger partial charge in [0, 0.05) is 19.4 Å². The smallest absolute Gasteiger partial charge is 0.462 e. The molecular weight excluding hydrogens is 713 g/mol. The van der Waals surface area contributed by atoms with Gasteiger partial charge in [-0.05, 0) is 57.8 Å². The summed E-state index contributed by atoms with van der Waals surface area (Å²) in [5, 5.41) is 0. The van der Waals surface area contributed by atoms with Gasteiger partial charge < -0.3 is 20.1 Å². The summed E-state index contributed by atoms with van der Waals surface area (Å²) in [6.45, 7) is 3.51. The Morgan fingerprint density at radius 1 is 0.564 bits per heavy atom. The van der Waals surface area contributed by atoms with Gasteiger partial charge in [0.2, 0.25) is 0 Å². The minimum Gasteiger partial charge on any atom is -0.462 e. The second-order valence-electron chi connectivity index (χ2n) is 14.2. The molecule has 0 radical (unpaired) electrons. The fourth-order valence-corrected chi connectivity index (χ4v) is 6.48. The maximum Gasteiger partial charge on any atom is 0.472 e. The van der Waals surface area contributed by atoms with Gasteiger partial charge in [-0.15, -0.1) is 0 Å². The average Bonchev–Trinajstić information content (AvgIpc) is 3.17. The third-order valence-corrected chi connectivity index (χ3v) is 9.90. The molecule has 3 N–H and O–H groups in total. The predicted molar refractivity (Wildman–Crippen MR) is 229 cm³/mol. The molecule has 318 valence electrons. The highest BCUT2D eigenvalue weighted by atomic mass is 31.2. The van der Waals surface area contributed by atoms with E-state index in [2.05, 4.69) is 74.6 Å². The lowest BCUT2D eigenvalue weighted by atomic mass is 10.0. The summed E-state index contributed by atoms with van der Waals surface area (Å²) in [4.78, 5) is 34.5. The number of phosphoric acid groups is 1. The van der Waals surface area contributed by atoms with Crippen molar-refractivity contribution in [2.45, 2.75) is 187 Å². The van der Waals surface area contributed by atoms with Gasteiger partial charge in [-0.1, -0.05) is 171 Å². The van der Waals surface area contributed by atoms with Gasteiger partial charge in [-0.2, -0.15) is 0 Å². The molecule has 0 fully saturated rings. The largest absolute Gasteiger partial charge is 0.472 e. The summed E-state index contributed by atoms with van der Waals surface area (Å²) < 4.78 is 32.5. The van der Waals surface area contributed by atoms with E-state index in [9.17, 15) is 19.0 Å². The van der Waals surface area contributed by atoms with Gasteiger partial charge in [0.05, 0.1) is 13.2 Å². The molecule has 0 rings (SSSR count). The van der Waals surface area contributed by atoms with Gasteiger partial charge >= 0.3 is 19.8 Å². The van der Waals surface area contributed by atoms with Crippen molar-refractivity contribution in [3.05, 3.63) is 60.8 Å². The molecule has 0 saturated carbocycles. The van der Waals surface area contributed by atoms with Crippen molar-refractivity contribution in [1.82, 2.24) is 0 Å². The molecule has 0 aromatic heterocycles. The molecule has 9 nitrogen and oxygen atoms in total. The van der Waals surface area contributed by atoms with Crippen LogP contribution in [0.2, 0.25) is 0 Å². The molecule has 0 aliphatic heterocycles. The van der Waals surface area contributed by atoms with E-state index < -0.39 is 32.5 Å². The van der Waals surface area contributed by atoms with Crippen molar-refractivity contribution in [2.75, 3.05) is 26.4 Å². The highest BCUT2D eigenvalue weighted by Crippen LogP contribution is 2.43. The molecule has 0 aliphatic carbocycles. The monoisotopic (exact) mass is 794 g/mol. The standard InChI is InChI=1S/C45H80NO8P/c1-3-5-7-9-10-11-12-13-14-15-16-17-18-19-20-21-22-23-24-25-26-27-28-29-30-31-32-34-36-38-45(48)54-43(42-53-55(49,50)52-40-39-46)41-51-44(47)37-35-33-8-6-4-2/h5,7,10-11,13-14,16-17,19-20,43H,3-4,6,8-9,12,15,18,21-42,46H2,1-2H3,(H,49,50)/b7-5-,11-10-,14-13-,17-16-,20-19-. The second-order valence-corrected chi connectivity index (χ2v) is 15.6. The number of unbranched alkanes of at least 4 members (excludes halogenated alkanes) is 17. The third kappa shape index (κ3) is 41.2. The summed E-state index contributed by atoms with van der Waals surface area (Å²) >= 11 is 0. The van der Waals surface area contributed by atoms with E-state index >= 15 is 0 Å². The fourth-order valence-electron chi connectivity index (χ4n) is 5.72. The van der Waals surface area contributed by atoms with E-state index in [-0.39, 0.29) is 32.6 Å². The van der Waals surface area contributed by atoms with E-state index in [4.69, 9.17) is 24.3 Å². The van der Waals surface area contributed by atoms with Crippen LogP contribution < -0.4 is 5.73 Å². The van der Waals surface area contributed by atoms with E-state index in [0.29, 0.717) is 6.42 Å². The van der Waals surface area contributed by atoms with Crippen LogP contribution in [-0.4, -0.2) is 49.3 Å². The Morgan fingerprint density at radius 3 is 1.49 bits per heavy atom. The van der Waals surface area contributed by atoms with E-state index in [1.807, 2.05) is 0 Å². The molecule has 0 heterocycles. The van der Waals surface area contributed by atoms with Crippen molar-refractivity contribution in [3.63, 3.8) is 0 Å². The topological polar surface area (TPSA) is 134 Å². The SMILES string of the molecule is CC/C=C\C/C=C\C/C=C\C/C=C\C/C=C\CCCCCCCCCCCCCCCC(=O)OC(COC(=O)CCCCCCC)COP(=O)(O)OCCN. The molecule has 0 spiro atoms. The summed E-state index contributed by atoms with van der Waals surface area (Å²) in [7, 11) is -4.36. The maximum atomic E-state index is 12.5. The van der Waals surface area contributed by atoms with Gasteiger partial charge in [0.1, 0.15) is 6.61 Å². The number of carbonyl (C=O) groups excluding carboxylic acids is 2. The number of esters is 2. The third-order valence-electron chi connectivity index (χ3n) is 8.92. The first-order valence-electron chi connectivity index (χ1n) is 21.8. The van der Waals surface area contributed by atoms with Crippen LogP contribution >= 0.6 is 7.82 Å². The summed E-state index contributed by atoms with van der Waals surface area (Å²) in [5.41, 5.74) is 5.32. The molecule has 0 aromatic carbocycles. The summed E-state index contributed by atoms with van der Waals surface area (Å²) in [6.07, 6.45) is 48.8. The first kappa shape index (κ1) is 52.7. The molecule has 2 atom stereocenters. The molecular formula is C45H80NO8P. The molecule has 55 heavy (non-hydrogen) atoms. The molecule has 10 heteroatoms. The molecule has 0 aliphatic rings. The molecule has 0 saturated heterocycles. The zero-order valence-electron chi connectivity index (χ0n) is 34.9. The van der Waals surface area contributed by atoms with Crippen molar-refractivity contribution in [3.8, 4) is 0 Å². The van der Waals surface area contributed by atoms with Gasteiger partial charge in [0.15, 0.2) is 6.10 Å². The van der Waals surface area contributed by atoms with Crippen molar-refractivity contribution in [2.24, 2.45) is 5.73 Å². The average molecular weight is 794 g/mol. The van der Waals surface area contributed by atoms with Crippen LogP contribution in [0.1, 0.15) is 181 Å². The first-order chi connectivity index (χ1) is 26.8. The highest BCUT2D eigenvalue weighted by Gasteiger charge is 2.26. The van der Waals surface area contributed by atoms with Crippen LogP contribution in [0, 0.1) is 0 Å². The van der Waals surface area contributed by atoms with E-state index in [0.717, 1.165) is 83.5 Å². The lowest BCUT2D eigenvalue weighted by Gasteiger charge is -2.19. The fraction of sp³-hybridized carbons (Fsp3) is 0.733. The van der Waals surface area contributed by atoms with Crippen molar-refractivity contribution in [1.29, 1.82) is 0 Å². The minimum atomic E-state index is -4.36. The van der Waals surface area contributed by atoms with Crippen molar-refractivity contribution >= 4 is 19.8 Å². The van der Waals surface area contributed by atoms with Crippen molar-refractivity contribution < 1.29 is 37.6 Å². The van der Waals surface area contributed by atoms with Crippen LogP contribution in [0.25, 0.3) is 0 Å². The number of allylic oxidation sites excluding steroid dienone is 10. The van der Waals surface area contributed by atoms with Crippen LogP contribution in [0.5, 0.6) is 0 Å². The Bertz CT molecular complexity index is 1090. The van der Waals surface area contributed by atoms with Crippen LogP contribution in [0.4, 0.5) is 0 Å². The normalized spacial score (nSPS) is 13.9. The number of nitrogens with two attached hydrogens (primary N) is 1. The Hall–Kier alpha value is -2.29. The summed E-state index contributed by atoms with van der Waals surface area (Å²) in [6, 6.07) is 0. The maximum absolute atomic E-state index is 12.5. The number of hydrogen-bond donors (Lipinski definition) is 2. The second kappa shape index (κ2) is 41.3. The molecule has 0 aromatic rings. The molecule has 0 bridgehead atoms.